The zero-order valence-electron chi connectivity index (χ0n) is 19.6. The Labute approximate surface area is 222 Å². The van der Waals surface area contributed by atoms with Crippen LogP contribution in [0.4, 0.5) is 17.5 Å². The average Bonchev–Trinajstić information content (AvgIpc) is 2.80. The number of anilines is 3. The van der Waals surface area contributed by atoms with Gasteiger partial charge < -0.3 is 15.5 Å². The number of nitrogens with zero attached hydrogens (tertiary/aromatic N) is 4. The van der Waals surface area contributed by atoms with Crippen molar-refractivity contribution in [3.8, 4) is 0 Å². The molecule has 0 atom stereocenters. The topological polar surface area (TPSA) is 83.0 Å². The highest BCUT2D eigenvalue weighted by atomic mass is 35.5. The van der Waals surface area contributed by atoms with Gasteiger partial charge in [0, 0.05) is 37.9 Å². The number of fused-ring (bicyclic) bond motifs is 1. The largest absolute Gasteiger partial charge is 0.369 e. The third-order valence-corrected chi connectivity index (χ3v) is 5.37. The number of rotatable bonds is 7. The summed E-state index contributed by atoms with van der Waals surface area (Å²) in [6, 6.07) is 17.2. The van der Waals surface area contributed by atoms with Gasteiger partial charge in [0.15, 0.2) is 0 Å². The zero-order chi connectivity index (χ0) is 23.4. The van der Waals surface area contributed by atoms with Gasteiger partial charge in [0.05, 0.1) is 11.1 Å². The van der Waals surface area contributed by atoms with Crippen LogP contribution in [0.2, 0.25) is 5.15 Å². The van der Waals surface area contributed by atoms with E-state index in [1.165, 1.54) is 6.20 Å². The van der Waals surface area contributed by atoms with Gasteiger partial charge in [-0.3, -0.25) is 4.79 Å². The summed E-state index contributed by atoms with van der Waals surface area (Å²) in [6.45, 7) is 2.78. The van der Waals surface area contributed by atoms with Gasteiger partial charge in [-0.05, 0) is 60.9 Å². The lowest BCUT2D eigenvalue weighted by molar-refractivity contribution is 0.102. The molecule has 2 N–H and O–H groups in total. The predicted molar refractivity (Wildman–Crippen MR) is 149 cm³/mol. The maximum absolute atomic E-state index is 12.3. The molecule has 184 valence electrons. The fraction of sp³-hybridized carbons (Fsp3) is 0.200. The molecule has 0 aliphatic heterocycles. The summed E-state index contributed by atoms with van der Waals surface area (Å²) in [5, 5.41) is 7.68. The van der Waals surface area contributed by atoms with Crippen molar-refractivity contribution in [2.75, 3.05) is 36.2 Å². The van der Waals surface area contributed by atoms with Gasteiger partial charge in [-0.2, -0.15) is 4.98 Å². The highest BCUT2D eigenvalue weighted by Gasteiger charge is 2.10. The lowest BCUT2D eigenvalue weighted by Gasteiger charge is -2.15. The maximum Gasteiger partial charge on any atom is 0.257 e. The molecule has 0 aliphatic carbocycles. The van der Waals surface area contributed by atoms with Gasteiger partial charge in [-0.15, -0.1) is 24.8 Å². The van der Waals surface area contributed by atoms with Gasteiger partial charge in [-0.1, -0.05) is 29.8 Å². The molecule has 0 saturated carbocycles. The van der Waals surface area contributed by atoms with Crippen LogP contribution >= 0.6 is 36.4 Å². The van der Waals surface area contributed by atoms with Gasteiger partial charge in [-0.25, -0.2) is 9.97 Å². The molecule has 0 bridgehead atoms. The summed E-state index contributed by atoms with van der Waals surface area (Å²) < 4.78 is 0. The molecule has 7 nitrogen and oxygen atoms in total. The second-order valence-electron chi connectivity index (χ2n) is 7.98. The van der Waals surface area contributed by atoms with Crippen LogP contribution in [0.1, 0.15) is 21.5 Å². The molecule has 1 amide bonds. The number of carbonyl (C=O) groups is 1. The highest BCUT2D eigenvalue weighted by molar-refractivity contribution is 6.29. The molecule has 0 fully saturated rings. The van der Waals surface area contributed by atoms with Crippen molar-refractivity contribution in [3.05, 3.63) is 82.6 Å². The number of aryl methyl sites for hydroxylation is 1. The second-order valence-corrected chi connectivity index (χ2v) is 8.37. The third-order valence-electron chi connectivity index (χ3n) is 5.15. The van der Waals surface area contributed by atoms with E-state index in [0.717, 1.165) is 46.5 Å². The minimum absolute atomic E-state index is 0. The summed E-state index contributed by atoms with van der Waals surface area (Å²) >= 11 is 5.77. The van der Waals surface area contributed by atoms with Crippen molar-refractivity contribution < 1.29 is 4.79 Å². The van der Waals surface area contributed by atoms with Crippen molar-refractivity contribution in [1.82, 2.24) is 15.0 Å². The molecule has 0 aliphatic rings. The van der Waals surface area contributed by atoms with Crippen LogP contribution in [0.15, 0.2) is 60.8 Å². The normalized spacial score (nSPS) is 10.2. The first-order valence-corrected chi connectivity index (χ1v) is 11.0. The fourth-order valence-electron chi connectivity index (χ4n) is 3.36. The molecule has 0 unspecified atom stereocenters. The summed E-state index contributed by atoms with van der Waals surface area (Å²) in [5.74, 6) is 1.27. The Morgan fingerprint density at radius 1 is 1.00 bits per heavy atom. The Morgan fingerprint density at radius 3 is 2.40 bits per heavy atom. The number of amides is 1. The second kappa shape index (κ2) is 12.5. The Morgan fingerprint density at radius 2 is 1.74 bits per heavy atom. The van der Waals surface area contributed by atoms with Gasteiger partial charge in [0.1, 0.15) is 11.0 Å². The van der Waals surface area contributed by atoms with E-state index in [2.05, 4.69) is 50.7 Å². The molecular formula is C25H27Cl3N6O. The van der Waals surface area contributed by atoms with Crippen LogP contribution in [-0.4, -0.2) is 41.5 Å². The molecule has 4 aromatic rings. The number of benzene rings is 2. The molecule has 2 aromatic carbocycles. The molecular weight excluding hydrogens is 507 g/mol. The molecule has 0 spiro atoms. The molecule has 0 radical (unpaired) electrons. The smallest absolute Gasteiger partial charge is 0.257 e. The molecule has 4 rings (SSSR count). The SMILES string of the molecule is Cc1ccc2c(NCCc3ccc(NC(=O)c4ccc(Cl)nc4)cc3)nc(N(C)C)nc2c1.Cl.Cl. The van der Waals surface area contributed by atoms with Gasteiger partial charge in [0.25, 0.3) is 5.91 Å². The van der Waals surface area contributed by atoms with E-state index in [1.807, 2.05) is 43.3 Å². The molecule has 10 heteroatoms. The lowest BCUT2D eigenvalue weighted by atomic mass is 10.1. The highest BCUT2D eigenvalue weighted by Crippen LogP contribution is 2.24. The first-order chi connectivity index (χ1) is 15.9. The molecule has 35 heavy (non-hydrogen) atoms. The van der Waals surface area contributed by atoms with E-state index in [0.29, 0.717) is 16.7 Å². The van der Waals surface area contributed by atoms with E-state index in [9.17, 15) is 4.79 Å². The molecule has 2 aromatic heterocycles. The molecule has 2 heterocycles. The van der Waals surface area contributed by atoms with E-state index < -0.39 is 0 Å². The quantitative estimate of drug-likeness (QED) is 0.292. The number of hydrogen-bond donors (Lipinski definition) is 2. The minimum atomic E-state index is -0.226. The van der Waals surface area contributed by atoms with Crippen molar-refractivity contribution in [3.63, 3.8) is 0 Å². The van der Waals surface area contributed by atoms with Crippen molar-refractivity contribution in [2.45, 2.75) is 13.3 Å². The summed E-state index contributed by atoms with van der Waals surface area (Å²) in [7, 11) is 3.87. The number of nitrogens with one attached hydrogen (secondary N) is 2. The van der Waals surface area contributed by atoms with Crippen LogP contribution in [0.25, 0.3) is 10.9 Å². The number of pyridine rings is 1. The predicted octanol–water partition coefficient (Wildman–Crippen LogP) is 5.80. The summed E-state index contributed by atoms with van der Waals surface area (Å²) in [4.78, 5) is 27.5. The Kier molecular flexibility index (Phi) is 10.1. The number of aromatic nitrogens is 3. The Hall–Kier alpha value is -3.13. The number of carbonyl (C=O) groups excluding carboxylic acids is 1. The monoisotopic (exact) mass is 532 g/mol. The van der Waals surface area contributed by atoms with E-state index in [1.54, 1.807) is 12.1 Å². The van der Waals surface area contributed by atoms with Crippen LogP contribution in [0.3, 0.4) is 0 Å². The van der Waals surface area contributed by atoms with Gasteiger partial charge >= 0.3 is 0 Å². The van der Waals surface area contributed by atoms with E-state index in [4.69, 9.17) is 11.6 Å². The van der Waals surface area contributed by atoms with Crippen molar-refractivity contribution in [2.24, 2.45) is 0 Å². The Balaban J connectivity index is 0.00000216. The third kappa shape index (κ3) is 7.18. The van der Waals surface area contributed by atoms with E-state index >= 15 is 0 Å². The first kappa shape index (κ1) is 28.1. The minimum Gasteiger partial charge on any atom is -0.369 e. The van der Waals surface area contributed by atoms with Crippen molar-refractivity contribution >= 4 is 70.7 Å². The van der Waals surface area contributed by atoms with Crippen LogP contribution < -0.4 is 15.5 Å². The number of hydrogen-bond acceptors (Lipinski definition) is 6. The zero-order valence-corrected chi connectivity index (χ0v) is 22.0. The van der Waals surface area contributed by atoms with Gasteiger partial charge in [0.2, 0.25) is 5.95 Å². The summed E-state index contributed by atoms with van der Waals surface area (Å²) in [5.41, 5.74) is 4.41. The summed E-state index contributed by atoms with van der Waals surface area (Å²) in [6.07, 6.45) is 2.27. The van der Waals surface area contributed by atoms with E-state index in [-0.39, 0.29) is 30.7 Å². The van der Waals surface area contributed by atoms with Crippen molar-refractivity contribution in [1.29, 1.82) is 0 Å². The first-order valence-electron chi connectivity index (χ1n) is 10.6. The Bertz CT molecular complexity index is 1280. The fourth-order valence-corrected chi connectivity index (χ4v) is 3.47. The van der Waals surface area contributed by atoms with Crippen LogP contribution in [-0.2, 0) is 6.42 Å². The number of halogens is 3. The average molecular weight is 534 g/mol. The lowest BCUT2D eigenvalue weighted by Crippen LogP contribution is -2.15. The molecule has 0 saturated heterocycles. The maximum atomic E-state index is 12.3. The van der Waals surface area contributed by atoms with Crippen LogP contribution in [0, 0.1) is 6.92 Å². The standard InChI is InChI=1S/C25H25ClN6O.2ClH/c1-16-4-10-20-21(14-16)30-25(32(2)3)31-23(20)27-13-12-17-5-8-19(9-6-17)29-24(33)18-7-11-22(26)28-15-18;;/h4-11,14-15H,12-13H2,1-3H3,(H,29,33)(H,27,30,31);2*1H. The van der Waals surface area contributed by atoms with Crippen LogP contribution in [0.5, 0.6) is 0 Å².